The van der Waals surface area contributed by atoms with Crippen molar-refractivity contribution in [2.75, 3.05) is 6.61 Å². The summed E-state index contributed by atoms with van der Waals surface area (Å²) in [7, 11) is 0. The highest BCUT2D eigenvalue weighted by Crippen LogP contribution is 2.45. The fraction of sp³-hybridized carbons (Fsp3) is 0.917. The molecule has 0 bridgehead atoms. The summed E-state index contributed by atoms with van der Waals surface area (Å²) in [6.07, 6.45) is -0.164. The number of aliphatic hydroxyl groups excluding tert-OH is 1. The van der Waals surface area contributed by atoms with Gasteiger partial charge < -0.3 is 15.2 Å². The van der Waals surface area contributed by atoms with Crippen molar-refractivity contribution in [3.8, 4) is 0 Å². The molecule has 0 aromatic rings. The van der Waals surface area contributed by atoms with Gasteiger partial charge in [-0.1, -0.05) is 13.3 Å². The van der Waals surface area contributed by atoms with Crippen LogP contribution in [0.15, 0.2) is 0 Å². The highest BCUT2D eigenvalue weighted by atomic mass is 35.5. The smallest absolute Gasteiger partial charge is 0.252 e. The number of ether oxygens (including phenoxy) is 1. The Morgan fingerprint density at radius 2 is 2.17 bits per heavy atom. The summed E-state index contributed by atoms with van der Waals surface area (Å²) in [5.41, 5.74) is -0.808. The van der Waals surface area contributed by atoms with E-state index in [1.165, 1.54) is 0 Å². The van der Waals surface area contributed by atoms with E-state index in [1.807, 2.05) is 13.8 Å². The van der Waals surface area contributed by atoms with Crippen molar-refractivity contribution in [2.45, 2.75) is 55.2 Å². The molecule has 4 nitrogen and oxygen atoms in total. The normalized spacial score (nSPS) is 47.8. The molecule has 1 amide bonds. The second-order valence-electron chi connectivity index (χ2n) is 5.05. The summed E-state index contributed by atoms with van der Waals surface area (Å²) in [5.74, 6) is -0.146. The molecule has 104 valence electrons. The van der Waals surface area contributed by atoms with E-state index in [9.17, 15) is 9.90 Å². The van der Waals surface area contributed by atoms with Crippen LogP contribution >= 0.6 is 23.2 Å². The summed E-state index contributed by atoms with van der Waals surface area (Å²) < 4.78 is 5.43. The molecule has 1 aliphatic heterocycles. The summed E-state index contributed by atoms with van der Waals surface area (Å²) >= 11 is 12.6. The first-order valence-electron chi connectivity index (χ1n) is 6.37. The number of β-lactam (4-membered cyclic amide) rings is 1. The second-order valence-corrected chi connectivity index (χ2v) is 6.11. The molecule has 2 N–H and O–H groups in total. The Hall–Kier alpha value is -0.0300. The summed E-state index contributed by atoms with van der Waals surface area (Å²) in [6.45, 7) is 4.24. The van der Waals surface area contributed by atoms with Crippen LogP contribution in [0.4, 0.5) is 0 Å². The Labute approximate surface area is 117 Å². The Morgan fingerprint density at radius 3 is 2.67 bits per heavy atom. The molecule has 0 aromatic carbocycles. The van der Waals surface area contributed by atoms with Gasteiger partial charge in [0.05, 0.1) is 11.5 Å². The van der Waals surface area contributed by atoms with Crippen LogP contribution in [0.3, 0.4) is 0 Å². The molecule has 6 unspecified atom stereocenters. The van der Waals surface area contributed by atoms with Crippen LogP contribution in [0.2, 0.25) is 0 Å². The van der Waals surface area contributed by atoms with Crippen molar-refractivity contribution in [2.24, 2.45) is 5.92 Å². The van der Waals surface area contributed by atoms with Crippen LogP contribution < -0.4 is 5.32 Å². The fourth-order valence-electron chi connectivity index (χ4n) is 3.09. The van der Waals surface area contributed by atoms with Crippen LogP contribution in [0, 0.1) is 5.92 Å². The van der Waals surface area contributed by atoms with Crippen molar-refractivity contribution in [1.29, 1.82) is 0 Å². The van der Waals surface area contributed by atoms with Gasteiger partial charge in [-0.3, -0.25) is 4.79 Å². The van der Waals surface area contributed by atoms with Gasteiger partial charge in [0.2, 0.25) is 0 Å². The van der Waals surface area contributed by atoms with Gasteiger partial charge in [-0.2, -0.15) is 0 Å². The first kappa shape index (κ1) is 14.4. The number of nitrogens with one attached hydrogen (secondary N) is 1. The third-order valence-corrected chi connectivity index (χ3v) is 5.14. The molecule has 1 spiro atoms. The average Bonchev–Trinajstić information content (AvgIpc) is 2.33. The topological polar surface area (TPSA) is 58.6 Å². The molecule has 1 aliphatic carbocycles. The van der Waals surface area contributed by atoms with Crippen molar-refractivity contribution < 1.29 is 14.6 Å². The molecule has 1 heterocycles. The third-order valence-electron chi connectivity index (χ3n) is 4.10. The van der Waals surface area contributed by atoms with Crippen molar-refractivity contribution in [3.05, 3.63) is 0 Å². The van der Waals surface area contributed by atoms with Crippen LogP contribution in [0.25, 0.3) is 0 Å². The van der Waals surface area contributed by atoms with Gasteiger partial charge in [-0.15, -0.1) is 23.2 Å². The molecule has 2 aliphatic rings. The maximum Gasteiger partial charge on any atom is 0.252 e. The molecular weight excluding hydrogens is 277 g/mol. The standard InChI is InChI=1S/C12H19Cl2NO3/c1-3-6-7(13)5-12(9(16)8(6)14)10(18-4-2)11(17)15-12/h6-10,16H,3-5H2,1-2H3,(H,15,17). The van der Waals surface area contributed by atoms with E-state index in [-0.39, 0.29) is 17.2 Å². The lowest BCUT2D eigenvalue weighted by Crippen LogP contribution is -2.82. The lowest BCUT2D eigenvalue weighted by Gasteiger charge is -2.57. The van der Waals surface area contributed by atoms with E-state index in [0.717, 1.165) is 6.42 Å². The molecule has 1 saturated heterocycles. The van der Waals surface area contributed by atoms with Crippen LogP contribution in [0.1, 0.15) is 26.7 Å². The minimum absolute atomic E-state index is 0.0498. The van der Waals surface area contributed by atoms with E-state index in [0.29, 0.717) is 13.0 Å². The Bertz CT molecular complexity index is 341. The first-order chi connectivity index (χ1) is 8.47. The lowest BCUT2D eigenvalue weighted by atomic mass is 9.66. The number of hydrogen-bond acceptors (Lipinski definition) is 3. The maximum absolute atomic E-state index is 11.6. The molecule has 2 fully saturated rings. The van der Waals surface area contributed by atoms with Crippen molar-refractivity contribution >= 4 is 29.1 Å². The van der Waals surface area contributed by atoms with Crippen molar-refractivity contribution in [3.63, 3.8) is 0 Å². The average molecular weight is 296 g/mol. The molecule has 18 heavy (non-hydrogen) atoms. The summed E-state index contributed by atoms with van der Waals surface area (Å²) in [4.78, 5) is 11.6. The SMILES string of the molecule is CCOC1C(=O)NC12CC(Cl)C(CC)C(Cl)C2O. The maximum atomic E-state index is 11.6. The quantitative estimate of drug-likeness (QED) is 0.609. The number of halogens is 2. The number of amides is 1. The molecular formula is C12H19Cl2NO3. The minimum Gasteiger partial charge on any atom is -0.389 e. The zero-order chi connectivity index (χ0) is 13.5. The number of rotatable bonds is 3. The summed E-state index contributed by atoms with van der Waals surface area (Å²) in [5, 5.41) is 12.5. The number of carbonyl (C=O) groups is 1. The van der Waals surface area contributed by atoms with Crippen molar-refractivity contribution in [1.82, 2.24) is 5.32 Å². The number of aliphatic hydroxyl groups is 1. The number of carbonyl (C=O) groups excluding carboxylic acids is 1. The van der Waals surface area contributed by atoms with Gasteiger partial charge in [-0.25, -0.2) is 0 Å². The second kappa shape index (κ2) is 5.16. The van der Waals surface area contributed by atoms with Gasteiger partial charge in [0.1, 0.15) is 5.54 Å². The van der Waals surface area contributed by atoms with E-state index >= 15 is 0 Å². The Kier molecular flexibility index (Phi) is 4.12. The highest BCUT2D eigenvalue weighted by molar-refractivity contribution is 6.25. The molecule has 6 heteroatoms. The highest BCUT2D eigenvalue weighted by Gasteiger charge is 2.64. The largest absolute Gasteiger partial charge is 0.389 e. The zero-order valence-corrected chi connectivity index (χ0v) is 12.0. The molecule has 6 atom stereocenters. The van der Waals surface area contributed by atoms with E-state index < -0.39 is 23.1 Å². The van der Waals surface area contributed by atoms with Crippen LogP contribution in [0.5, 0.6) is 0 Å². The number of hydrogen-bond donors (Lipinski definition) is 2. The lowest BCUT2D eigenvalue weighted by molar-refractivity contribution is -0.177. The first-order valence-corrected chi connectivity index (χ1v) is 7.25. The predicted octanol–water partition coefficient (Wildman–Crippen LogP) is 1.27. The monoisotopic (exact) mass is 295 g/mol. The van der Waals surface area contributed by atoms with Crippen LogP contribution in [-0.4, -0.2) is 46.1 Å². The molecule has 2 rings (SSSR count). The van der Waals surface area contributed by atoms with E-state index in [2.05, 4.69) is 5.32 Å². The van der Waals surface area contributed by atoms with E-state index in [1.54, 1.807) is 0 Å². The van der Waals surface area contributed by atoms with Gasteiger partial charge >= 0.3 is 0 Å². The predicted molar refractivity (Wildman–Crippen MR) is 70.0 cm³/mol. The molecule has 0 aromatic heterocycles. The minimum atomic E-state index is -0.826. The van der Waals surface area contributed by atoms with Gasteiger partial charge in [0.25, 0.3) is 5.91 Å². The van der Waals surface area contributed by atoms with Gasteiger partial charge in [0.15, 0.2) is 6.10 Å². The molecule has 1 saturated carbocycles. The zero-order valence-electron chi connectivity index (χ0n) is 10.5. The summed E-state index contributed by atoms with van der Waals surface area (Å²) in [6, 6.07) is 0. The van der Waals surface area contributed by atoms with Crippen LogP contribution in [-0.2, 0) is 9.53 Å². The van der Waals surface area contributed by atoms with E-state index in [4.69, 9.17) is 27.9 Å². The molecule has 0 radical (unpaired) electrons. The fourth-order valence-corrected chi connectivity index (χ4v) is 4.33. The number of alkyl halides is 2. The Morgan fingerprint density at radius 1 is 1.50 bits per heavy atom. The Balaban J connectivity index is 2.21. The van der Waals surface area contributed by atoms with Gasteiger partial charge in [-0.05, 0) is 19.3 Å². The van der Waals surface area contributed by atoms with Gasteiger partial charge in [0, 0.05) is 12.0 Å². The third kappa shape index (κ3) is 1.94.